The highest BCUT2D eigenvalue weighted by molar-refractivity contribution is 6.99. The highest BCUT2D eigenvalue weighted by Gasteiger charge is 2.42. The number of rotatable bonds is 6. The molecule has 0 fully saturated rings. The third-order valence-corrected chi connectivity index (χ3v) is 20.9. The SMILES string of the molecule is Cc1cc(C)c(-c2cc3c4c(c2)-n2c5ccc(-n6c7ccccc7c7cc(-n8c9ccccc9c9ccccc98)ccc76)cc5c5cc(-n6c7ccccc7c7cc(-n8c9ccccc9c9ccccc98)ccc76)cc(c52)B4c2cc(-c4ccccc4)ccc2O3)c(C)c1. The minimum Gasteiger partial charge on any atom is -0.458 e. The lowest BCUT2D eigenvalue weighted by Crippen LogP contribution is -2.58. The van der Waals surface area contributed by atoms with Gasteiger partial charge in [0.2, 0.25) is 0 Å². The molecule has 0 N–H and O–H groups in total. The molecule has 5 aromatic heterocycles. The van der Waals surface area contributed by atoms with Crippen molar-refractivity contribution in [3.05, 3.63) is 302 Å². The van der Waals surface area contributed by atoms with Gasteiger partial charge in [0.1, 0.15) is 11.5 Å². The second kappa shape index (κ2) is 19.0. The number of ether oxygens (including phenoxy) is 1. The fraction of sp³-hybridized carbons (Fsp3) is 0.0345. The van der Waals surface area contributed by atoms with Gasteiger partial charge in [0.25, 0.3) is 6.71 Å². The third kappa shape index (κ3) is 7.04. The molecule has 7 heteroatoms. The molecule has 6 nitrogen and oxygen atoms in total. The van der Waals surface area contributed by atoms with Gasteiger partial charge in [0.05, 0.1) is 49.7 Å². The van der Waals surface area contributed by atoms with E-state index in [4.69, 9.17) is 4.74 Å². The molecule has 0 amide bonds. The zero-order chi connectivity index (χ0) is 61.8. The average molecular weight is 1200 g/mol. The molecule has 14 aromatic carbocycles. The van der Waals surface area contributed by atoms with E-state index in [2.05, 4.69) is 329 Å². The lowest BCUT2D eigenvalue weighted by Gasteiger charge is -2.34. The molecular formula is C87H56BN5O. The van der Waals surface area contributed by atoms with E-state index in [0.717, 1.165) is 84.1 Å². The van der Waals surface area contributed by atoms with Gasteiger partial charge in [-0.3, -0.25) is 0 Å². The maximum absolute atomic E-state index is 7.39. The first-order valence-electron chi connectivity index (χ1n) is 32.7. The Kier molecular flexibility index (Phi) is 10.5. The number of fused-ring (bicyclic) bond motifs is 19. The van der Waals surface area contributed by atoms with Gasteiger partial charge in [0, 0.05) is 87.8 Å². The van der Waals surface area contributed by atoms with Crippen molar-refractivity contribution in [1.29, 1.82) is 0 Å². The molecular weight excluding hydrogens is 1140 g/mol. The predicted molar refractivity (Wildman–Crippen MR) is 394 cm³/mol. The second-order valence-corrected chi connectivity index (χ2v) is 26.2. The molecule has 19 aromatic rings. The Morgan fingerprint density at radius 3 is 1.16 bits per heavy atom. The van der Waals surface area contributed by atoms with E-state index < -0.39 is 0 Å². The van der Waals surface area contributed by atoms with Gasteiger partial charge in [-0.05, 0) is 192 Å². The van der Waals surface area contributed by atoms with E-state index in [1.54, 1.807) is 0 Å². The lowest BCUT2D eigenvalue weighted by atomic mass is 9.34. The van der Waals surface area contributed by atoms with E-state index in [9.17, 15) is 0 Å². The first-order chi connectivity index (χ1) is 46.4. The van der Waals surface area contributed by atoms with Crippen LogP contribution in [0.25, 0.3) is 160 Å². The van der Waals surface area contributed by atoms with Gasteiger partial charge < -0.3 is 27.6 Å². The Labute approximate surface area is 541 Å². The van der Waals surface area contributed by atoms with Gasteiger partial charge in [-0.15, -0.1) is 0 Å². The van der Waals surface area contributed by atoms with Crippen LogP contribution in [0, 0.1) is 20.8 Å². The van der Waals surface area contributed by atoms with Crippen molar-refractivity contribution in [2.45, 2.75) is 20.8 Å². The van der Waals surface area contributed by atoms with Crippen molar-refractivity contribution >= 4 is 132 Å². The number of benzene rings is 14. The summed E-state index contributed by atoms with van der Waals surface area (Å²) in [7, 11) is 0. The van der Waals surface area contributed by atoms with Crippen molar-refractivity contribution < 1.29 is 4.74 Å². The number of hydrogen-bond donors (Lipinski definition) is 0. The monoisotopic (exact) mass is 1200 g/mol. The number of para-hydroxylation sites is 6. The average Bonchev–Trinajstić information content (AvgIpc) is 1.40. The van der Waals surface area contributed by atoms with Crippen LogP contribution < -0.4 is 21.1 Å². The summed E-state index contributed by atoms with van der Waals surface area (Å²) in [6.45, 7) is 6.53. The molecule has 0 atom stereocenters. The summed E-state index contributed by atoms with van der Waals surface area (Å²) in [5.74, 6) is 1.77. The summed E-state index contributed by atoms with van der Waals surface area (Å²) >= 11 is 0. The Balaban J connectivity index is 0.856. The van der Waals surface area contributed by atoms with Crippen LogP contribution in [-0.2, 0) is 0 Å². The van der Waals surface area contributed by atoms with Crippen molar-refractivity contribution in [3.63, 3.8) is 0 Å². The number of aromatic nitrogens is 5. The van der Waals surface area contributed by atoms with Crippen LogP contribution in [0.5, 0.6) is 11.5 Å². The number of nitrogens with zero attached hydrogens (tertiary/aromatic N) is 5. The molecule has 2 aliphatic heterocycles. The van der Waals surface area contributed by atoms with Gasteiger partial charge in [-0.25, -0.2) is 0 Å². The van der Waals surface area contributed by atoms with Crippen LogP contribution >= 0.6 is 0 Å². The first-order valence-corrected chi connectivity index (χ1v) is 32.7. The molecule has 0 radical (unpaired) electrons. The zero-order valence-electron chi connectivity index (χ0n) is 51.9. The molecule has 0 saturated heterocycles. The summed E-state index contributed by atoms with van der Waals surface area (Å²) in [5, 5.41) is 12.2. The quantitative estimate of drug-likeness (QED) is 0.153. The van der Waals surface area contributed by atoms with E-state index in [0.29, 0.717) is 0 Å². The summed E-state index contributed by atoms with van der Waals surface area (Å²) in [5.41, 5.74) is 29.4. The third-order valence-electron chi connectivity index (χ3n) is 20.9. The fourth-order valence-corrected chi connectivity index (χ4v) is 17.3. The van der Waals surface area contributed by atoms with Gasteiger partial charge in [-0.2, -0.15) is 0 Å². The van der Waals surface area contributed by atoms with Crippen molar-refractivity contribution in [2.75, 3.05) is 0 Å². The topological polar surface area (TPSA) is 33.9 Å². The van der Waals surface area contributed by atoms with Crippen molar-refractivity contribution in [1.82, 2.24) is 22.8 Å². The molecule has 0 spiro atoms. The first kappa shape index (κ1) is 51.7. The van der Waals surface area contributed by atoms with Crippen LogP contribution in [0.1, 0.15) is 16.7 Å². The van der Waals surface area contributed by atoms with Crippen LogP contribution in [-0.4, -0.2) is 29.5 Å². The van der Waals surface area contributed by atoms with E-state index in [-0.39, 0.29) is 6.71 Å². The van der Waals surface area contributed by atoms with Crippen LogP contribution in [0.15, 0.2) is 285 Å². The van der Waals surface area contributed by atoms with Crippen LogP contribution in [0.3, 0.4) is 0 Å². The summed E-state index contributed by atoms with van der Waals surface area (Å²) in [6, 6.07) is 107. The lowest BCUT2D eigenvalue weighted by molar-refractivity contribution is 0.487. The summed E-state index contributed by atoms with van der Waals surface area (Å²) in [4.78, 5) is 0. The maximum atomic E-state index is 7.39. The molecule has 21 rings (SSSR count). The Bertz CT molecular complexity index is 6440. The number of aryl methyl sites for hydroxylation is 3. The maximum Gasteiger partial charge on any atom is 0.256 e. The van der Waals surface area contributed by atoms with E-state index in [1.807, 2.05) is 0 Å². The Hall–Kier alpha value is -12.1. The molecule has 7 heterocycles. The molecule has 438 valence electrons. The Morgan fingerprint density at radius 2 is 0.670 bits per heavy atom. The minimum atomic E-state index is -0.179. The predicted octanol–water partition coefficient (Wildman–Crippen LogP) is 20.4. The standard InChI is InChI=1S/C87H56BN5O/c1-51-41-52(2)85(53(3)42-51)56-44-82-86-84(45-56)94-83-40-33-55(54-19-5-4-6-20-54)43-71(83)88(86)72-50-60(92-78-32-18-12-26-66(78)68-47-58(35-38-80(68)92)90-75-29-15-9-23-63(75)64-24-10-16-30-76(64)90)49-70-69-48-59(36-39-81(69)93(82)87(70)72)91-77-31-17-11-25-65(77)67-46-57(34-37-79(67)91)89-73-27-13-7-21-61(73)62-22-8-14-28-74(62)89/h4-50H,1-3H3. The van der Waals surface area contributed by atoms with Crippen LogP contribution in [0.4, 0.5) is 0 Å². The van der Waals surface area contributed by atoms with E-state index >= 15 is 0 Å². The van der Waals surface area contributed by atoms with Crippen LogP contribution in [0.2, 0.25) is 0 Å². The molecule has 2 aliphatic rings. The smallest absolute Gasteiger partial charge is 0.256 e. The number of hydrogen-bond acceptors (Lipinski definition) is 1. The highest BCUT2D eigenvalue weighted by atomic mass is 16.5. The molecule has 94 heavy (non-hydrogen) atoms. The molecule has 0 bridgehead atoms. The molecule has 0 saturated carbocycles. The molecule has 0 unspecified atom stereocenters. The van der Waals surface area contributed by atoms with Gasteiger partial charge in [-0.1, -0.05) is 169 Å². The largest absolute Gasteiger partial charge is 0.458 e. The zero-order valence-corrected chi connectivity index (χ0v) is 51.9. The summed E-state index contributed by atoms with van der Waals surface area (Å²) < 4.78 is 19.9. The van der Waals surface area contributed by atoms with Gasteiger partial charge >= 0.3 is 0 Å². The summed E-state index contributed by atoms with van der Waals surface area (Å²) in [6.07, 6.45) is 0. The van der Waals surface area contributed by atoms with E-state index in [1.165, 1.54) is 120 Å². The van der Waals surface area contributed by atoms with Crippen molar-refractivity contribution in [3.8, 4) is 62.2 Å². The van der Waals surface area contributed by atoms with Crippen molar-refractivity contribution in [2.24, 2.45) is 0 Å². The minimum absolute atomic E-state index is 0.179. The normalized spacial score (nSPS) is 12.7. The Morgan fingerprint density at radius 1 is 0.266 bits per heavy atom. The highest BCUT2D eigenvalue weighted by Crippen LogP contribution is 2.46. The fourth-order valence-electron chi connectivity index (χ4n) is 17.3. The molecule has 0 aliphatic carbocycles. The second-order valence-electron chi connectivity index (χ2n) is 26.2. The van der Waals surface area contributed by atoms with Gasteiger partial charge in [0.15, 0.2) is 0 Å².